The lowest BCUT2D eigenvalue weighted by atomic mass is 10.3. The first-order chi connectivity index (χ1) is 9.29. The Morgan fingerprint density at radius 1 is 1.15 bits per heavy atom. The highest BCUT2D eigenvalue weighted by Crippen LogP contribution is 2.35. The smallest absolute Gasteiger partial charge is 0.240 e. The van der Waals surface area contributed by atoms with Gasteiger partial charge in [0, 0.05) is 0 Å². The number of anilines is 1. The molecule has 0 spiro atoms. The van der Waals surface area contributed by atoms with Crippen molar-refractivity contribution in [3.05, 3.63) is 46.7 Å². The van der Waals surface area contributed by atoms with Crippen molar-refractivity contribution in [1.29, 1.82) is 0 Å². The zero-order chi connectivity index (χ0) is 14.9. The van der Waals surface area contributed by atoms with Crippen LogP contribution in [0.2, 0.25) is 0 Å². The van der Waals surface area contributed by atoms with Gasteiger partial charge in [-0.1, -0.05) is 6.07 Å². The van der Waals surface area contributed by atoms with Crippen LogP contribution >= 0.6 is 15.9 Å². The maximum Gasteiger partial charge on any atom is 0.240 e. The van der Waals surface area contributed by atoms with E-state index in [4.69, 9.17) is 15.6 Å². The third-order valence-electron chi connectivity index (χ3n) is 2.45. The molecule has 0 bridgehead atoms. The monoisotopic (exact) mass is 360 g/mol. The van der Waals surface area contributed by atoms with Gasteiger partial charge in [0.1, 0.15) is 16.5 Å². The van der Waals surface area contributed by atoms with Gasteiger partial charge >= 0.3 is 0 Å². The van der Waals surface area contributed by atoms with E-state index in [-0.39, 0.29) is 16.3 Å². The van der Waals surface area contributed by atoms with Gasteiger partial charge in [0.25, 0.3) is 0 Å². The fourth-order valence-electron chi connectivity index (χ4n) is 1.54. The average molecular weight is 361 g/mol. The van der Waals surface area contributed by atoms with E-state index in [9.17, 15) is 12.8 Å². The third kappa shape index (κ3) is 3.09. The van der Waals surface area contributed by atoms with Crippen LogP contribution in [0.15, 0.2) is 45.8 Å². The molecular formula is C12H10BrFN2O3S. The molecule has 0 saturated carbocycles. The second-order valence-corrected chi connectivity index (χ2v) is 6.27. The molecule has 0 amide bonds. The van der Waals surface area contributed by atoms with Crippen LogP contribution in [0.1, 0.15) is 0 Å². The number of rotatable bonds is 3. The zero-order valence-corrected chi connectivity index (χ0v) is 12.4. The highest BCUT2D eigenvalue weighted by Gasteiger charge is 2.16. The molecule has 0 aromatic heterocycles. The molecule has 2 aromatic carbocycles. The lowest BCUT2D eigenvalue weighted by molar-refractivity contribution is 0.478. The molecule has 0 aliphatic heterocycles. The minimum Gasteiger partial charge on any atom is -0.454 e. The van der Waals surface area contributed by atoms with Crippen molar-refractivity contribution < 1.29 is 17.5 Å². The summed E-state index contributed by atoms with van der Waals surface area (Å²) in [5.74, 6) is -0.0241. The topological polar surface area (TPSA) is 95.4 Å². The summed E-state index contributed by atoms with van der Waals surface area (Å²) in [4.78, 5) is -0.228. The summed E-state index contributed by atoms with van der Waals surface area (Å²) in [6, 6.07) is 8.03. The summed E-state index contributed by atoms with van der Waals surface area (Å²) in [5, 5.41) is 5.05. The van der Waals surface area contributed by atoms with E-state index in [0.717, 1.165) is 0 Å². The van der Waals surface area contributed by atoms with Gasteiger partial charge < -0.3 is 10.5 Å². The van der Waals surface area contributed by atoms with Crippen molar-refractivity contribution in [2.24, 2.45) is 5.14 Å². The van der Waals surface area contributed by atoms with E-state index >= 15 is 0 Å². The molecule has 0 fully saturated rings. The van der Waals surface area contributed by atoms with Crippen LogP contribution in [0.4, 0.5) is 10.1 Å². The van der Waals surface area contributed by atoms with Crippen molar-refractivity contribution in [2.45, 2.75) is 4.90 Å². The van der Waals surface area contributed by atoms with Crippen LogP contribution in [-0.4, -0.2) is 8.42 Å². The van der Waals surface area contributed by atoms with E-state index in [2.05, 4.69) is 15.9 Å². The molecule has 0 unspecified atom stereocenters. The minimum atomic E-state index is -3.94. The zero-order valence-electron chi connectivity index (χ0n) is 10.0. The number of nitrogen functional groups attached to an aromatic ring is 1. The van der Waals surface area contributed by atoms with E-state index in [1.165, 1.54) is 36.4 Å². The Labute approximate surface area is 123 Å². The van der Waals surface area contributed by atoms with Crippen molar-refractivity contribution >= 4 is 31.6 Å². The summed E-state index contributed by atoms with van der Waals surface area (Å²) < 4.78 is 41.5. The van der Waals surface area contributed by atoms with Gasteiger partial charge in [-0.15, -0.1) is 0 Å². The van der Waals surface area contributed by atoms with E-state index in [1.54, 1.807) is 0 Å². The Balaban J connectivity index is 2.45. The summed E-state index contributed by atoms with van der Waals surface area (Å²) in [7, 11) is -3.94. The van der Waals surface area contributed by atoms with Crippen LogP contribution in [0.5, 0.6) is 11.5 Å². The van der Waals surface area contributed by atoms with Gasteiger partial charge in [0.05, 0.1) is 10.2 Å². The minimum absolute atomic E-state index is 0.105. The predicted molar refractivity (Wildman–Crippen MR) is 76.4 cm³/mol. The van der Waals surface area contributed by atoms with Gasteiger partial charge in [0.15, 0.2) is 5.75 Å². The number of ether oxygens (including phenoxy) is 1. The molecule has 5 nitrogen and oxygen atoms in total. The molecule has 0 saturated heterocycles. The van der Waals surface area contributed by atoms with E-state index in [0.29, 0.717) is 10.2 Å². The van der Waals surface area contributed by atoms with Crippen LogP contribution in [0.3, 0.4) is 0 Å². The first-order valence-electron chi connectivity index (χ1n) is 5.33. The summed E-state index contributed by atoms with van der Waals surface area (Å²) >= 11 is 3.14. The van der Waals surface area contributed by atoms with Gasteiger partial charge in [-0.3, -0.25) is 0 Å². The Morgan fingerprint density at radius 2 is 1.85 bits per heavy atom. The number of halogens is 2. The van der Waals surface area contributed by atoms with Gasteiger partial charge in [-0.25, -0.2) is 17.9 Å². The molecular weight excluding hydrogens is 351 g/mol. The van der Waals surface area contributed by atoms with Crippen molar-refractivity contribution in [1.82, 2.24) is 0 Å². The molecule has 4 N–H and O–H groups in total. The van der Waals surface area contributed by atoms with Gasteiger partial charge in [-0.05, 0) is 46.3 Å². The number of primary sulfonamides is 1. The third-order valence-corrected chi connectivity index (χ3v) is 4.04. The van der Waals surface area contributed by atoms with E-state index < -0.39 is 15.8 Å². The second kappa shape index (κ2) is 5.39. The normalized spacial score (nSPS) is 11.3. The summed E-state index contributed by atoms with van der Waals surface area (Å²) in [5.41, 5.74) is 5.62. The van der Waals surface area contributed by atoms with Crippen LogP contribution in [-0.2, 0) is 10.0 Å². The Hall–Kier alpha value is -1.64. The molecule has 106 valence electrons. The van der Waals surface area contributed by atoms with Gasteiger partial charge in [-0.2, -0.15) is 0 Å². The lowest BCUT2D eigenvalue weighted by Gasteiger charge is -2.12. The number of sulfonamides is 1. The van der Waals surface area contributed by atoms with Crippen LogP contribution in [0.25, 0.3) is 0 Å². The molecule has 0 radical (unpaired) electrons. The van der Waals surface area contributed by atoms with Gasteiger partial charge in [0.2, 0.25) is 10.0 Å². The highest BCUT2D eigenvalue weighted by atomic mass is 79.9. The molecule has 2 aromatic rings. The van der Waals surface area contributed by atoms with Crippen molar-refractivity contribution in [3.63, 3.8) is 0 Å². The molecule has 0 aliphatic rings. The number of hydrogen-bond donors (Lipinski definition) is 2. The predicted octanol–water partition coefficient (Wildman–Crippen LogP) is 2.61. The molecule has 2 rings (SSSR count). The fraction of sp³-hybridized carbons (Fsp3) is 0. The molecule has 0 aliphatic carbocycles. The molecule has 8 heteroatoms. The highest BCUT2D eigenvalue weighted by molar-refractivity contribution is 9.10. The second-order valence-electron chi connectivity index (χ2n) is 3.89. The Bertz CT molecular complexity index is 765. The first-order valence-corrected chi connectivity index (χ1v) is 7.67. The SMILES string of the molecule is Nc1c(Oc2ccc(F)cc2Br)cccc1S(N)(=O)=O. The molecule has 20 heavy (non-hydrogen) atoms. The number of benzene rings is 2. The summed E-state index contributed by atoms with van der Waals surface area (Å²) in [6.45, 7) is 0. The quantitative estimate of drug-likeness (QED) is 0.822. The number of nitrogens with two attached hydrogens (primary N) is 2. The van der Waals surface area contributed by atoms with Crippen molar-refractivity contribution in [2.75, 3.05) is 5.73 Å². The fourth-order valence-corrected chi connectivity index (χ4v) is 2.64. The van der Waals surface area contributed by atoms with E-state index in [1.807, 2.05) is 0 Å². The number of para-hydroxylation sites is 1. The largest absolute Gasteiger partial charge is 0.454 e. The lowest BCUT2D eigenvalue weighted by Crippen LogP contribution is -2.14. The maximum atomic E-state index is 13.0. The Kier molecular flexibility index (Phi) is 3.98. The van der Waals surface area contributed by atoms with Crippen LogP contribution < -0.4 is 15.6 Å². The Morgan fingerprint density at radius 3 is 2.45 bits per heavy atom. The van der Waals surface area contributed by atoms with Crippen molar-refractivity contribution in [3.8, 4) is 11.5 Å². The maximum absolute atomic E-state index is 13.0. The summed E-state index contributed by atoms with van der Waals surface area (Å²) in [6.07, 6.45) is 0. The first kappa shape index (κ1) is 14.8. The standard InChI is InChI=1S/C12H10BrFN2O3S/c13-8-6-7(14)4-5-9(8)19-10-2-1-3-11(12(10)15)20(16,17)18/h1-6H,15H2,(H2,16,17,18). The molecule has 0 heterocycles. The molecule has 0 atom stereocenters. The number of hydrogen-bond acceptors (Lipinski definition) is 4. The average Bonchev–Trinajstić information content (AvgIpc) is 2.33. The van der Waals surface area contributed by atoms with Crippen LogP contribution in [0, 0.1) is 5.82 Å².